The predicted molar refractivity (Wildman–Crippen MR) is 112 cm³/mol. The molecule has 0 aliphatic rings. The number of alkyl halides is 4. The third-order valence-corrected chi connectivity index (χ3v) is 5.18. The third-order valence-electron chi connectivity index (χ3n) is 5.18. The molecule has 1 aromatic carbocycles. The fourth-order valence-corrected chi connectivity index (χ4v) is 3.38. The molecule has 0 aliphatic carbocycles. The molecule has 0 amide bonds. The number of Topliss-reactive ketones (excluding diaryl/α,β-unsaturated/α-hetero) is 1. The van der Waals surface area contributed by atoms with Crippen molar-refractivity contribution in [2.75, 3.05) is 7.11 Å². The summed E-state index contributed by atoms with van der Waals surface area (Å²) in [5.41, 5.74) is 1.03. The van der Waals surface area contributed by atoms with Gasteiger partial charge in [-0.1, -0.05) is 0 Å². The van der Waals surface area contributed by atoms with E-state index in [0.29, 0.717) is 16.9 Å². The van der Waals surface area contributed by atoms with Gasteiger partial charge in [-0.2, -0.15) is 14.0 Å². The highest BCUT2D eigenvalue weighted by molar-refractivity contribution is 6.02. The van der Waals surface area contributed by atoms with E-state index in [0.717, 1.165) is 5.56 Å². The number of ketones is 1. The van der Waals surface area contributed by atoms with E-state index in [-0.39, 0.29) is 11.3 Å². The highest BCUT2D eigenvalue weighted by Crippen LogP contribution is 2.37. The lowest BCUT2D eigenvalue weighted by molar-refractivity contribution is -0.0502. The Balaban J connectivity index is 2.13. The van der Waals surface area contributed by atoms with Crippen molar-refractivity contribution in [1.29, 1.82) is 5.26 Å². The molecule has 33 heavy (non-hydrogen) atoms. The number of rotatable bonds is 9. The summed E-state index contributed by atoms with van der Waals surface area (Å²) in [5, 5.41) is 9.37. The van der Waals surface area contributed by atoms with E-state index in [1.807, 2.05) is 0 Å². The van der Waals surface area contributed by atoms with Gasteiger partial charge in [0.25, 0.3) is 0 Å². The predicted octanol–water partition coefficient (Wildman–Crippen LogP) is 5.64. The molecule has 0 radical (unpaired) electrons. The first-order valence-electron chi connectivity index (χ1n) is 9.94. The maximum Gasteiger partial charge on any atom is 0.387 e. The van der Waals surface area contributed by atoms with E-state index in [9.17, 15) is 27.6 Å². The zero-order valence-corrected chi connectivity index (χ0v) is 18.1. The third kappa shape index (κ3) is 5.08. The number of nitrogens with zero attached hydrogens (tertiary/aromatic N) is 3. The van der Waals surface area contributed by atoms with Crippen LogP contribution in [0.3, 0.4) is 0 Å². The number of carbonyl (C=O) groups is 1. The number of benzene rings is 1. The van der Waals surface area contributed by atoms with Crippen LogP contribution in [0.5, 0.6) is 11.5 Å². The molecule has 0 unspecified atom stereocenters. The molecule has 0 aliphatic heterocycles. The zero-order valence-electron chi connectivity index (χ0n) is 18.1. The minimum absolute atomic E-state index is 0.0837. The SMILES string of the molecule is COc1cc(-c2cnc3cc(C(C)(C)C#N)ccn23)cc(OC(F)F)c1C(=O)CCC(F)F. The number of imidazole rings is 1. The monoisotopic (exact) mass is 463 g/mol. The lowest BCUT2D eigenvalue weighted by atomic mass is 9.87. The van der Waals surface area contributed by atoms with Crippen molar-refractivity contribution < 1.29 is 31.8 Å². The van der Waals surface area contributed by atoms with Crippen molar-refractivity contribution >= 4 is 11.4 Å². The van der Waals surface area contributed by atoms with Crippen LogP contribution in [0.1, 0.15) is 42.6 Å². The number of methoxy groups -OCH3 is 1. The van der Waals surface area contributed by atoms with Crippen LogP contribution in [0.2, 0.25) is 0 Å². The van der Waals surface area contributed by atoms with Crippen LogP contribution >= 0.6 is 0 Å². The van der Waals surface area contributed by atoms with Crippen molar-refractivity contribution in [1.82, 2.24) is 9.38 Å². The molecule has 3 aromatic rings. The average Bonchev–Trinajstić information content (AvgIpc) is 3.19. The van der Waals surface area contributed by atoms with Gasteiger partial charge in [-0.15, -0.1) is 0 Å². The normalized spacial score (nSPS) is 11.8. The maximum atomic E-state index is 13.1. The van der Waals surface area contributed by atoms with Crippen LogP contribution in [-0.4, -0.2) is 35.3 Å². The molecular formula is C23H21F4N3O3. The van der Waals surface area contributed by atoms with Crippen molar-refractivity contribution in [3.05, 3.63) is 47.8 Å². The van der Waals surface area contributed by atoms with Crippen LogP contribution in [-0.2, 0) is 5.41 Å². The molecule has 3 rings (SSSR count). The van der Waals surface area contributed by atoms with E-state index >= 15 is 0 Å². The van der Waals surface area contributed by atoms with Gasteiger partial charge in [-0.3, -0.25) is 9.20 Å². The Kier molecular flexibility index (Phi) is 6.91. The van der Waals surface area contributed by atoms with Crippen molar-refractivity contribution in [2.24, 2.45) is 0 Å². The molecule has 0 spiro atoms. The smallest absolute Gasteiger partial charge is 0.387 e. The standard InChI is InChI=1S/C23H21F4N3O3/c1-23(2,12-28)14-6-7-30-15(11-29-20(30)10-14)13-8-17(32-3)21(16(31)4-5-19(24)25)18(9-13)33-22(26)27/h6-11,19,22H,4-5H2,1-3H3. The van der Waals surface area contributed by atoms with Gasteiger partial charge in [0.1, 0.15) is 22.7 Å². The minimum Gasteiger partial charge on any atom is -0.496 e. The van der Waals surface area contributed by atoms with Gasteiger partial charge in [0, 0.05) is 24.6 Å². The summed E-state index contributed by atoms with van der Waals surface area (Å²) in [6, 6.07) is 8.36. The Morgan fingerprint density at radius 2 is 1.91 bits per heavy atom. The van der Waals surface area contributed by atoms with E-state index in [1.54, 1.807) is 36.6 Å². The van der Waals surface area contributed by atoms with Gasteiger partial charge < -0.3 is 9.47 Å². The number of halogens is 4. The average molecular weight is 463 g/mol. The lowest BCUT2D eigenvalue weighted by Gasteiger charge is -2.17. The second-order valence-electron chi connectivity index (χ2n) is 7.81. The Bertz CT molecular complexity index is 1220. The number of carbonyl (C=O) groups excluding carboxylic acids is 1. The summed E-state index contributed by atoms with van der Waals surface area (Å²) in [4.78, 5) is 16.8. The van der Waals surface area contributed by atoms with Gasteiger partial charge in [0.15, 0.2) is 5.78 Å². The second kappa shape index (κ2) is 9.48. The van der Waals surface area contributed by atoms with Crippen LogP contribution in [0.25, 0.3) is 16.9 Å². The first kappa shape index (κ1) is 24.0. The molecule has 0 atom stereocenters. The minimum atomic E-state index is -3.25. The molecule has 10 heteroatoms. The summed E-state index contributed by atoms with van der Waals surface area (Å²) in [7, 11) is 1.24. The number of aromatic nitrogens is 2. The van der Waals surface area contributed by atoms with Crippen LogP contribution < -0.4 is 9.47 Å². The van der Waals surface area contributed by atoms with Crippen LogP contribution in [0, 0.1) is 11.3 Å². The fraction of sp³-hybridized carbons (Fsp3) is 0.348. The van der Waals surface area contributed by atoms with E-state index in [4.69, 9.17) is 4.74 Å². The molecule has 0 N–H and O–H groups in total. The summed E-state index contributed by atoms with van der Waals surface area (Å²) in [5.74, 6) is -1.36. The summed E-state index contributed by atoms with van der Waals surface area (Å²) in [6.07, 6.45) is -0.800. The van der Waals surface area contributed by atoms with Gasteiger partial charge in [-0.25, -0.2) is 13.8 Å². The van der Waals surface area contributed by atoms with Gasteiger partial charge in [0.05, 0.1) is 30.5 Å². The highest BCUT2D eigenvalue weighted by Gasteiger charge is 2.25. The number of ether oxygens (including phenoxy) is 2. The summed E-state index contributed by atoms with van der Waals surface area (Å²) in [6.45, 7) is 0.292. The molecule has 0 fully saturated rings. The Morgan fingerprint density at radius 3 is 2.52 bits per heavy atom. The van der Waals surface area contributed by atoms with Crippen molar-refractivity contribution in [3.8, 4) is 28.8 Å². The second-order valence-corrected chi connectivity index (χ2v) is 7.81. The number of nitriles is 1. The molecule has 174 valence electrons. The Hall–Kier alpha value is -3.61. The Morgan fingerprint density at radius 1 is 1.21 bits per heavy atom. The van der Waals surface area contributed by atoms with Crippen LogP contribution in [0.4, 0.5) is 17.6 Å². The number of hydrogen-bond donors (Lipinski definition) is 0. The van der Waals surface area contributed by atoms with Gasteiger partial charge in [-0.05, 0) is 43.7 Å². The quantitative estimate of drug-likeness (QED) is 0.303. The van der Waals surface area contributed by atoms with Crippen molar-refractivity contribution in [3.63, 3.8) is 0 Å². The van der Waals surface area contributed by atoms with Gasteiger partial charge in [0.2, 0.25) is 6.43 Å². The van der Waals surface area contributed by atoms with E-state index < -0.39 is 42.8 Å². The van der Waals surface area contributed by atoms with Gasteiger partial charge >= 0.3 is 6.61 Å². The van der Waals surface area contributed by atoms with E-state index in [2.05, 4.69) is 15.8 Å². The first-order valence-corrected chi connectivity index (χ1v) is 9.94. The zero-order chi connectivity index (χ0) is 24.3. The van der Waals surface area contributed by atoms with Crippen molar-refractivity contribution in [2.45, 2.75) is 45.1 Å². The maximum absolute atomic E-state index is 13.1. The molecule has 0 saturated heterocycles. The molecule has 6 nitrogen and oxygen atoms in total. The molecule has 2 aromatic heterocycles. The molecular weight excluding hydrogens is 442 g/mol. The topological polar surface area (TPSA) is 76.6 Å². The first-order chi connectivity index (χ1) is 15.6. The summed E-state index contributed by atoms with van der Waals surface area (Å²) >= 11 is 0. The van der Waals surface area contributed by atoms with Crippen LogP contribution in [0.15, 0.2) is 36.7 Å². The largest absolute Gasteiger partial charge is 0.496 e. The Labute approximate surface area is 187 Å². The number of pyridine rings is 1. The highest BCUT2D eigenvalue weighted by atomic mass is 19.3. The lowest BCUT2D eigenvalue weighted by Crippen LogP contribution is -2.14. The fourth-order valence-electron chi connectivity index (χ4n) is 3.38. The molecule has 0 bridgehead atoms. The molecule has 2 heterocycles. The number of fused-ring (bicyclic) bond motifs is 1. The molecule has 0 saturated carbocycles. The van der Waals surface area contributed by atoms with E-state index in [1.165, 1.54) is 25.4 Å². The summed E-state index contributed by atoms with van der Waals surface area (Å²) < 4.78 is 62.8. The number of hydrogen-bond acceptors (Lipinski definition) is 5.